The Kier molecular flexibility index (Phi) is 38.4. The van der Waals surface area contributed by atoms with Crippen LogP contribution in [0.3, 0.4) is 0 Å². The van der Waals surface area contributed by atoms with E-state index in [1.165, 1.54) is 161 Å². The molecule has 59 heavy (non-hydrogen) atoms. The molecule has 7 unspecified atom stereocenters. The summed E-state index contributed by atoms with van der Waals surface area (Å²) in [6.45, 7) is 3.83. The molecular formula is C50H95NO8. The SMILES string of the molecule is CCCCCCC/C=C\C/C=C\CCCCCCCCCCCC(=O)NC(COC1OC(CO)C(O)C(O)C1O)C(O)CCCCCCCCCCCCCCCCC. The van der Waals surface area contributed by atoms with E-state index in [1.807, 2.05) is 0 Å². The average Bonchev–Trinajstić information content (AvgIpc) is 3.23. The summed E-state index contributed by atoms with van der Waals surface area (Å²) < 4.78 is 11.3. The second-order valence-electron chi connectivity index (χ2n) is 17.6. The van der Waals surface area contributed by atoms with Gasteiger partial charge in [0.15, 0.2) is 6.29 Å². The maximum absolute atomic E-state index is 13.0. The van der Waals surface area contributed by atoms with Crippen molar-refractivity contribution in [2.45, 2.75) is 275 Å². The first kappa shape index (κ1) is 55.7. The molecule has 1 aliphatic heterocycles. The second kappa shape index (κ2) is 40.7. The van der Waals surface area contributed by atoms with E-state index in [0.29, 0.717) is 12.8 Å². The lowest BCUT2D eigenvalue weighted by molar-refractivity contribution is -0.302. The fourth-order valence-electron chi connectivity index (χ4n) is 8.02. The minimum Gasteiger partial charge on any atom is -0.394 e. The van der Waals surface area contributed by atoms with Gasteiger partial charge in [-0.05, 0) is 44.9 Å². The lowest BCUT2D eigenvalue weighted by Crippen LogP contribution is -2.60. The molecule has 348 valence electrons. The van der Waals surface area contributed by atoms with E-state index in [1.54, 1.807) is 0 Å². The van der Waals surface area contributed by atoms with E-state index in [9.17, 15) is 30.3 Å². The van der Waals surface area contributed by atoms with Gasteiger partial charge in [0.1, 0.15) is 24.4 Å². The Labute approximate surface area is 362 Å². The van der Waals surface area contributed by atoms with Crippen molar-refractivity contribution in [2.75, 3.05) is 13.2 Å². The van der Waals surface area contributed by atoms with E-state index in [-0.39, 0.29) is 12.5 Å². The van der Waals surface area contributed by atoms with Crippen molar-refractivity contribution in [1.29, 1.82) is 0 Å². The number of nitrogens with one attached hydrogen (secondary N) is 1. The first-order chi connectivity index (χ1) is 28.8. The molecule has 0 aromatic rings. The monoisotopic (exact) mass is 838 g/mol. The third kappa shape index (κ3) is 31.2. The number of aliphatic hydroxyl groups is 5. The van der Waals surface area contributed by atoms with Gasteiger partial charge in [0.05, 0.1) is 25.4 Å². The third-order valence-corrected chi connectivity index (χ3v) is 12.1. The summed E-state index contributed by atoms with van der Waals surface area (Å²) in [7, 11) is 0. The molecule has 0 aromatic carbocycles. The average molecular weight is 838 g/mol. The Morgan fingerprint density at radius 3 is 1.46 bits per heavy atom. The number of rotatable bonds is 42. The van der Waals surface area contributed by atoms with Crippen molar-refractivity contribution in [2.24, 2.45) is 0 Å². The van der Waals surface area contributed by atoms with Crippen LogP contribution in [-0.4, -0.2) is 87.5 Å². The fourth-order valence-corrected chi connectivity index (χ4v) is 8.02. The van der Waals surface area contributed by atoms with Crippen molar-refractivity contribution in [3.8, 4) is 0 Å². The molecule has 9 heteroatoms. The highest BCUT2D eigenvalue weighted by atomic mass is 16.7. The molecule has 7 atom stereocenters. The number of hydrogen-bond donors (Lipinski definition) is 6. The molecule has 1 amide bonds. The molecule has 1 fully saturated rings. The maximum atomic E-state index is 13.0. The number of aliphatic hydroxyl groups excluding tert-OH is 5. The third-order valence-electron chi connectivity index (χ3n) is 12.1. The lowest BCUT2D eigenvalue weighted by Gasteiger charge is -2.40. The molecule has 0 radical (unpaired) electrons. The van der Waals surface area contributed by atoms with Crippen molar-refractivity contribution >= 4 is 5.91 Å². The van der Waals surface area contributed by atoms with E-state index in [4.69, 9.17) is 9.47 Å². The standard InChI is InChI=1S/C50H95NO8/c1-3-5-7-9-11-13-15-17-19-20-21-22-23-24-26-28-30-32-34-36-38-40-46(54)51-43(42-58-50-49(57)48(56)47(55)45(41-52)59-50)44(53)39-37-35-33-31-29-27-25-18-16-14-12-10-8-6-4-2/h15,17,20-21,43-45,47-50,52-53,55-57H,3-14,16,18-19,22-42H2,1-2H3,(H,51,54)/b17-15-,21-20-. The molecular weight excluding hydrogens is 743 g/mol. The predicted octanol–water partition coefficient (Wildman–Crippen LogP) is 11.1. The zero-order chi connectivity index (χ0) is 43.0. The van der Waals surface area contributed by atoms with Crippen molar-refractivity contribution in [1.82, 2.24) is 5.32 Å². The van der Waals surface area contributed by atoms with Crippen LogP contribution in [0, 0.1) is 0 Å². The smallest absolute Gasteiger partial charge is 0.220 e. The van der Waals surface area contributed by atoms with Crippen molar-refractivity contribution in [3.63, 3.8) is 0 Å². The van der Waals surface area contributed by atoms with Crippen LogP contribution < -0.4 is 5.32 Å². The van der Waals surface area contributed by atoms with Crippen LogP contribution in [0.5, 0.6) is 0 Å². The summed E-state index contributed by atoms with van der Waals surface area (Å²) in [5, 5.41) is 54.4. The molecule has 1 heterocycles. The summed E-state index contributed by atoms with van der Waals surface area (Å²) in [5.41, 5.74) is 0. The minimum absolute atomic E-state index is 0.138. The van der Waals surface area contributed by atoms with Gasteiger partial charge in [-0.2, -0.15) is 0 Å². The summed E-state index contributed by atoms with van der Waals surface area (Å²) in [6.07, 6.45) is 41.8. The normalized spacial score (nSPS) is 20.8. The highest BCUT2D eigenvalue weighted by molar-refractivity contribution is 5.76. The van der Waals surface area contributed by atoms with E-state index in [2.05, 4.69) is 43.5 Å². The van der Waals surface area contributed by atoms with Crippen LogP contribution in [0.25, 0.3) is 0 Å². The molecule has 1 aliphatic rings. The van der Waals surface area contributed by atoms with Crippen LogP contribution in [0.4, 0.5) is 0 Å². The first-order valence-electron chi connectivity index (χ1n) is 25.0. The maximum Gasteiger partial charge on any atom is 0.220 e. The zero-order valence-corrected chi connectivity index (χ0v) is 38.3. The number of amides is 1. The van der Waals surface area contributed by atoms with Crippen LogP contribution in [0.1, 0.15) is 232 Å². The molecule has 1 saturated heterocycles. The second-order valence-corrected chi connectivity index (χ2v) is 17.6. The largest absolute Gasteiger partial charge is 0.394 e. The Hall–Kier alpha value is -1.33. The van der Waals surface area contributed by atoms with E-state index in [0.717, 1.165) is 44.9 Å². The highest BCUT2D eigenvalue weighted by Gasteiger charge is 2.44. The summed E-state index contributed by atoms with van der Waals surface area (Å²) in [6, 6.07) is -0.719. The van der Waals surface area contributed by atoms with E-state index < -0.39 is 49.5 Å². The lowest BCUT2D eigenvalue weighted by atomic mass is 9.99. The summed E-state index contributed by atoms with van der Waals surface area (Å²) in [5.74, 6) is -0.147. The van der Waals surface area contributed by atoms with Gasteiger partial charge in [0.25, 0.3) is 0 Å². The number of hydrogen-bond acceptors (Lipinski definition) is 8. The van der Waals surface area contributed by atoms with Gasteiger partial charge < -0.3 is 40.3 Å². The Bertz CT molecular complexity index is 977. The van der Waals surface area contributed by atoms with Crippen molar-refractivity contribution < 1.29 is 39.8 Å². The quantitative estimate of drug-likeness (QED) is 0.0263. The molecule has 0 aromatic heterocycles. The molecule has 0 saturated carbocycles. The van der Waals surface area contributed by atoms with Gasteiger partial charge in [-0.25, -0.2) is 0 Å². The topological polar surface area (TPSA) is 149 Å². The van der Waals surface area contributed by atoms with Crippen LogP contribution in [-0.2, 0) is 14.3 Å². The van der Waals surface area contributed by atoms with Gasteiger partial charge in [-0.3, -0.25) is 4.79 Å². The number of unbranched alkanes of at least 4 members (excludes halogenated alkanes) is 28. The molecule has 1 rings (SSSR count). The molecule has 9 nitrogen and oxygen atoms in total. The van der Waals surface area contributed by atoms with Crippen LogP contribution in [0.2, 0.25) is 0 Å². The Balaban J connectivity index is 2.28. The predicted molar refractivity (Wildman–Crippen MR) is 244 cm³/mol. The molecule has 0 aliphatic carbocycles. The van der Waals surface area contributed by atoms with Gasteiger partial charge >= 0.3 is 0 Å². The Morgan fingerprint density at radius 1 is 0.576 bits per heavy atom. The molecule has 0 spiro atoms. The number of carbonyl (C=O) groups is 1. The van der Waals surface area contributed by atoms with Crippen LogP contribution >= 0.6 is 0 Å². The Morgan fingerprint density at radius 2 is 1.00 bits per heavy atom. The van der Waals surface area contributed by atoms with Gasteiger partial charge in [0.2, 0.25) is 5.91 Å². The first-order valence-corrected chi connectivity index (χ1v) is 25.0. The van der Waals surface area contributed by atoms with Crippen LogP contribution in [0.15, 0.2) is 24.3 Å². The summed E-state index contributed by atoms with van der Waals surface area (Å²) in [4.78, 5) is 13.0. The molecule has 6 N–H and O–H groups in total. The number of ether oxygens (including phenoxy) is 2. The minimum atomic E-state index is -1.55. The summed E-state index contributed by atoms with van der Waals surface area (Å²) >= 11 is 0. The zero-order valence-electron chi connectivity index (χ0n) is 38.3. The fraction of sp³-hybridized carbons (Fsp3) is 0.900. The van der Waals surface area contributed by atoms with Gasteiger partial charge in [0, 0.05) is 6.42 Å². The highest BCUT2D eigenvalue weighted by Crippen LogP contribution is 2.23. The molecule has 0 bridgehead atoms. The van der Waals surface area contributed by atoms with Gasteiger partial charge in [-0.1, -0.05) is 205 Å². The van der Waals surface area contributed by atoms with E-state index >= 15 is 0 Å². The van der Waals surface area contributed by atoms with Gasteiger partial charge in [-0.15, -0.1) is 0 Å². The number of allylic oxidation sites excluding steroid dienone is 4. The van der Waals surface area contributed by atoms with Crippen molar-refractivity contribution in [3.05, 3.63) is 24.3 Å². The number of carbonyl (C=O) groups excluding carboxylic acids is 1.